The van der Waals surface area contributed by atoms with Crippen LogP contribution >= 0.6 is 11.8 Å². The van der Waals surface area contributed by atoms with Gasteiger partial charge in [-0.25, -0.2) is 8.42 Å². The van der Waals surface area contributed by atoms with E-state index in [4.69, 9.17) is 9.47 Å². The Balaban J connectivity index is 2.04. The minimum Gasteiger partial charge on any atom is -0.497 e. The van der Waals surface area contributed by atoms with Crippen molar-refractivity contribution in [1.29, 1.82) is 0 Å². The molecular formula is C19H23NO4S2. The highest BCUT2D eigenvalue weighted by atomic mass is 32.2. The van der Waals surface area contributed by atoms with Crippen LogP contribution in [0.2, 0.25) is 0 Å². The third-order valence-electron chi connectivity index (χ3n) is 4.64. The number of ether oxygens (including phenoxy) is 2. The van der Waals surface area contributed by atoms with Crippen LogP contribution < -0.4 is 9.47 Å². The molecule has 1 atom stereocenters. The number of hydrogen-bond acceptors (Lipinski definition) is 5. The molecule has 5 nitrogen and oxygen atoms in total. The van der Waals surface area contributed by atoms with Gasteiger partial charge < -0.3 is 9.47 Å². The van der Waals surface area contributed by atoms with Crippen LogP contribution in [-0.4, -0.2) is 39.2 Å². The molecule has 0 bridgehead atoms. The zero-order valence-corrected chi connectivity index (χ0v) is 17.0. The van der Waals surface area contributed by atoms with E-state index in [1.807, 2.05) is 38.1 Å². The van der Waals surface area contributed by atoms with E-state index in [9.17, 15) is 8.42 Å². The molecule has 140 valence electrons. The molecular weight excluding hydrogens is 370 g/mol. The topological polar surface area (TPSA) is 55.8 Å². The molecule has 0 radical (unpaired) electrons. The SMILES string of the molecule is COc1ccc(OC)c(C2SCCN2S(=O)(=O)c2ccc(C)c(C)c2)c1. The summed E-state index contributed by atoms with van der Waals surface area (Å²) in [5.74, 6) is 2.07. The Morgan fingerprint density at radius 2 is 1.81 bits per heavy atom. The van der Waals surface area contributed by atoms with Crippen molar-refractivity contribution in [3.63, 3.8) is 0 Å². The van der Waals surface area contributed by atoms with Crippen LogP contribution in [0.1, 0.15) is 22.1 Å². The summed E-state index contributed by atoms with van der Waals surface area (Å²) in [6.45, 7) is 4.36. The van der Waals surface area contributed by atoms with Crippen molar-refractivity contribution in [3.8, 4) is 11.5 Å². The third-order valence-corrected chi connectivity index (χ3v) is 7.87. The summed E-state index contributed by atoms with van der Waals surface area (Å²) in [5.41, 5.74) is 2.85. The number of rotatable bonds is 5. The van der Waals surface area contributed by atoms with E-state index in [1.165, 1.54) is 0 Å². The summed E-state index contributed by atoms with van der Waals surface area (Å²) in [6.07, 6.45) is 0. The highest BCUT2D eigenvalue weighted by molar-refractivity contribution is 8.01. The number of methoxy groups -OCH3 is 2. The monoisotopic (exact) mass is 393 g/mol. The zero-order chi connectivity index (χ0) is 18.9. The van der Waals surface area contributed by atoms with Crippen LogP contribution in [0, 0.1) is 13.8 Å². The first kappa shape index (κ1) is 19.1. The molecule has 2 aromatic rings. The Bertz CT molecular complexity index is 912. The summed E-state index contributed by atoms with van der Waals surface area (Å²) in [5, 5.41) is -0.341. The lowest BCUT2D eigenvalue weighted by atomic mass is 10.1. The van der Waals surface area contributed by atoms with Gasteiger partial charge in [0.2, 0.25) is 10.0 Å². The zero-order valence-electron chi connectivity index (χ0n) is 15.4. The lowest BCUT2D eigenvalue weighted by Gasteiger charge is -2.25. The maximum atomic E-state index is 13.3. The van der Waals surface area contributed by atoms with Crippen molar-refractivity contribution in [3.05, 3.63) is 53.1 Å². The van der Waals surface area contributed by atoms with Gasteiger partial charge >= 0.3 is 0 Å². The van der Waals surface area contributed by atoms with E-state index in [0.717, 1.165) is 22.4 Å². The Hall–Kier alpha value is -1.70. The summed E-state index contributed by atoms with van der Waals surface area (Å²) in [4.78, 5) is 0.329. The molecule has 0 aliphatic carbocycles. The van der Waals surface area contributed by atoms with Crippen LogP contribution in [0.5, 0.6) is 11.5 Å². The number of hydrogen-bond donors (Lipinski definition) is 0. The van der Waals surface area contributed by atoms with Gasteiger partial charge in [0, 0.05) is 17.9 Å². The molecule has 3 rings (SSSR count). The average Bonchev–Trinajstić information content (AvgIpc) is 3.13. The molecule has 26 heavy (non-hydrogen) atoms. The Morgan fingerprint density at radius 1 is 1.04 bits per heavy atom. The second-order valence-electron chi connectivity index (χ2n) is 6.19. The van der Waals surface area contributed by atoms with Gasteiger partial charge in [-0.05, 0) is 55.3 Å². The van der Waals surface area contributed by atoms with Crippen LogP contribution in [0.3, 0.4) is 0 Å². The average molecular weight is 394 g/mol. The Labute approximate surface area is 159 Å². The first-order chi connectivity index (χ1) is 12.4. The molecule has 2 aromatic carbocycles. The van der Waals surface area contributed by atoms with Crippen molar-refractivity contribution in [2.24, 2.45) is 0 Å². The number of nitrogens with zero attached hydrogens (tertiary/aromatic N) is 1. The maximum absolute atomic E-state index is 13.3. The van der Waals surface area contributed by atoms with E-state index in [0.29, 0.717) is 22.9 Å². The molecule has 1 heterocycles. The minimum atomic E-state index is -3.60. The maximum Gasteiger partial charge on any atom is 0.244 e. The Kier molecular flexibility index (Phi) is 5.50. The van der Waals surface area contributed by atoms with Crippen molar-refractivity contribution >= 4 is 21.8 Å². The molecule has 0 spiro atoms. The molecule has 1 saturated heterocycles. The van der Waals surface area contributed by atoms with Gasteiger partial charge in [-0.15, -0.1) is 11.8 Å². The number of sulfonamides is 1. The van der Waals surface area contributed by atoms with Crippen LogP contribution in [0.25, 0.3) is 0 Å². The number of benzene rings is 2. The van der Waals surface area contributed by atoms with Crippen molar-refractivity contribution in [2.45, 2.75) is 24.1 Å². The highest BCUT2D eigenvalue weighted by Crippen LogP contribution is 2.45. The lowest BCUT2D eigenvalue weighted by Crippen LogP contribution is -2.30. The fourth-order valence-corrected chi connectivity index (χ4v) is 6.32. The van der Waals surface area contributed by atoms with Crippen molar-refractivity contribution in [2.75, 3.05) is 26.5 Å². The van der Waals surface area contributed by atoms with E-state index in [1.54, 1.807) is 42.4 Å². The molecule has 1 unspecified atom stereocenters. The van der Waals surface area contributed by atoms with Gasteiger partial charge in [0.15, 0.2) is 0 Å². The summed E-state index contributed by atoms with van der Waals surface area (Å²) in [6, 6.07) is 10.8. The standard InChI is InChI=1S/C19H23NO4S2/c1-13-5-7-16(11-14(13)2)26(21,22)20-9-10-25-19(20)17-12-15(23-3)6-8-18(17)24-4/h5-8,11-12,19H,9-10H2,1-4H3. The van der Waals surface area contributed by atoms with Gasteiger partial charge in [-0.3, -0.25) is 0 Å². The summed E-state index contributed by atoms with van der Waals surface area (Å²) < 4.78 is 38.9. The van der Waals surface area contributed by atoms with Gasteiger partial charge in [0.05, 0.1) is 24.5 Å². The molecule has 1 fully saturated rings. The van der Waals surface area contributed by atoms with Crippen molar-refractivity contribution < 1.29 is 17.9 Å². The third kappa shape index (κ3) is 3.43. The van der Waals surface area contributed by atoms with E-state index in [2.05, 4.69) is 0 Å². The first-order valence-electron chi connectivity index (χ1n) is 8.31. The largest absolute Gasteiger partial charge is 0.497 e. The normalized spacial score (nSPS) is 18.1. The fraction of sp³-hybridized carbons (Fsp3) is 0.368. The molecule has 1 aliphatic rings. The molecule has 0 amide bonds. The fourth-order valence-electron chi connectivity index (χ4n) is 2.99. The van der Waals surface area contributed by atoms with Crippen LogP contribution in [-0.2, 0) is 10.0 Å². The summed E-state index contributed by atoms with van der Waals surface area (Å²) in [7, 11) is -0.419. The molecule has 7 heteroatoms. The highest BCUT2D eigenvalue weighted by Gasteiger charge is 2.38. The number of aryl methyl sites for hydroxylation is 2. The first-order valence-corrected chi connectivity index (χ1v) is 10.8. The van der Waals surface area contributed by atoms with E-state index >= 15 is 0 Å². The van der Waals surface area contributed by atoms with Gasteiger partial charge in [-0.1, -0.05) is 6.07 Å². The lowest BCUT2D eigenvalue weighted by molar-refractivity contribution is 0.382. The Morgan fingerprint density at radius 3 is 2.46 bits per heavy atom. The smallest absolute Gasteiger partial charge is 0.244 e. The minimum absolute atomic E-state index is 0.329. The van der Waals surface area contributed by atoms with Gasteiger partial charge in [0.1, 0.15) is 11.5 Å². The van der Waals surface area contributed by atoms with Gasteiger partial charge in [-0.2, -0.15) is 4.31 Å². The molecule has 0 aromatic heterocycles. The molecule has 1 aliphatic heterocycles. The van der Waals surface area contributed by atoms with Gasteiger partial charge in [0.25, 0.3) is 0 Å². The predicted octanol–water partition coefficient (Wildman–Crippen LogP) is 3.76. The van der Waals surface area contributed by atoms with E-state index < -0.39 is 10.0 Å². The quantitative estimate of drug-likeness (QED) is 0.774. The van der Waals surface area contributed by atoms with E-state index in [-0.39, 0.29) is 5.37 Å². The van der Waals surface area contributed by atoms with Crippen LogP contribution in [0.4, 0.5) is 0 Å². The van der Waals surface area contributed by atoms with Crippen molar-refractivity contribution in [1.82, 2.24) is 4.31 Å². The molecule has 0 saturated carbocycles. The predicted molar refractivity (Wildman–Crippen MR) is 105 cm³/mol. The second-order valence-corrected chi connectivity index (χ2v) is 9.27. The van der Waals surface area contributed by atoms with Crippen LogP contribution in [0.15, 0.2) is 41.3 Å². The number of thioether (sulfide) groups is 1. The molecule has 0 N–H and O–H groups in total. The second kappa shape index (κ2) is 7.50. The summed E-state index contributed by atoms with van der Waals surface area (Å²) >= 11 is 1.59.